The summed E-state index contributed by atoms with van der Waals surface area (Å²) in [6.45, 7) is 11.1. The first-order valence-corrected chi connectivity index (χ1v) is 11.1. The van der Waals surface area contributed by atoms with E-state index >= 15 is 0 Å². The second kappa shape index (κ2) is 9.47. The maximum absolute atomic E-state index is 12.7. The average molecular weight is 421 g/mol. The van der Waals surface area contributed by atoms with Gasteiger partial charge in [0.15, 0.2) is 0 Å². The van der Waals surface area contributed by atoms with Gasteiger partial charge in [0.1, 0.15) is 17.5 Å². The number of carbonyl (C=O) groups is 1. The lowest BCUT2D eigenvalue weighted by molar-refractivity contribution is -0.126. The van der Waals surface area contributed by atoms with Crippen molar-refractivity contribution in [3.8, 4) is 0 Å². The van der Waals surface area contributed by atoms with E-state index in [9.17, 15) is 4.79 Å². The van der Waals surface area contributed by atoms with Gasteiger partial charge >= 0.3 is 0 Å². The molecule has 1 amide bonds. The Morgan fingerprint density at radius 1 is 0.871 bits per heavy atom. The van der Waals surface area contributed by atoms with Crippen molar-refractivity contribution in [1.82, 2.24) is 19.8 Å². The van der Waals surface area contributed by atoms with Gasteiger partial charge in [-0.25, -0.2) is 9.97 Å². The van der Waals surface area contributed by atoms with E-state index in [0.717, 1.165) is 62.3 Å². The number of likely N-dealkylation sites (N-methyl/N-ethyl adjacent to an activating group) is 1. The Labute approximate surface area is 185 Å². The minimum Gasteiger partial charge on any atom is -0.354 e. The molecule has 4 rings (SSSR count). The van der Waals surface area contributed by atoms with Crippen LogP contribution < -0.4 is 9.80 Å². The SMILES string of the molecule is Cc1nc(N2CCN(C)CC2)cc(N2CCN(C(=O)/C=C/c3ccccc3C)CC2)n1. The minimum atomic E-state index is 0.0693. The number of rotatable bonds is 4. The van der Waals surface area contributed by atoms with E-state index in [1.807, 2.05) is 36.1 Å². The number of aromatic nitrogens is 2. The minimum absolute atomic E-state index is 0.0693. The zero-order valence-electron chi connectivity index (χ0n) is 18.8. The fraction of sp³-hybridized carbons (Fsp3) is 0.458. The van der Waals surface area contributed by atoms with Crippen LogP contribution in [-0.4, -0.2) is 85.1 Å². The molecule has 7 nitrogen and oxygen atoms in total. The predicted molar refractivity (Wildman–Crippen MR) is 125 cm³/mol. The van der Waals surface area contributed by atoms with Gasteiger partial charge < -0.3 is 19.6 Å². The molecule has 0 saturated carbocycles. The molecule has 2 fully saturated rings. The van der Waals surface area contributed by atoms with E-state index in [1.54, 1.807) is 6.08 Å². The first kappa shape index (κ1) is 21.3. The predicted octanol–water partition coefficient (Wildman–Crippen LogP) is 2.21. The third-order valence-electron chi connectivity index (χ3n) is 6.15. The zero-order valence-corrected chi connectivity index (χ0v) is 18.8. The van der Waals surface area contributed by atoms with E-state index in [1.165, 1.54) is 5.56 Å². The number of benzene rings is 1. The second-order valence-electron chi connectivity index (χ2n) is 8.42. The molecule has 0 unspecified atom stereocenters. The van der Waals surface area contributed by atoms with E-state index in [0.29, 0.717) is 13.1 Å². The molecule has 0 radical (unpaired) electrons. The van der Waals surface area contributed by atoms with Crippen LogP contribution in [0.1, 0.15) is 17.0 Å². The number of piperazine rings is 2. The molecule has 31 heavy (non-hydrogen) atoms. The number of amides is 1. The Balaban J connectivity index is 1.37. The largest absolute Gasteiger partial charge is 0.354 e. The number of nitrogens with zero attached hydrogens (tertiary/aromatic N) is 6. The van der Waals surface area contributed by atoms with Crippen molar-refractivity contribution in [3.63, 3.8) is 0 Å². The molecular weight excluding hydrogens is 388 g/mol. The first-order valence-electron chi connectivity index (χ1n) is 11.1. The van der Waals surface area contributed by atoms with Crippen LogP contribution in [0.2, 0.25) is 0 Å². The monoisotopic (exact) mass is 420 g/mol. The van der Waals surface area contributed by atoms with Crippen molar-refractivity contribution in [2.24, 2.45) is 0 Å². The lowest BCUT2D eigenvalue weighted by Gasteiger charge is -2.36. The topological polar surface area (TPSA) is 55.8 Å². The Hall–Kier alpha value is -2.93. The van der Waals surface area contributed by atoms with Crippen molar-refractivity contribution in [1.29, 1.82) is 0 Å². The highest BCUT2D eigenvalue weighted by atomic mass is 16.2. The van der Waals surface area contributed by atoms with Gasteiger partial charge in [-0.3, -0.25) is 4.79 Å². The highest BCUT2D eigenvalue weighted by Gasteiger charge is 2.23. The molecule has 0 atom stereocenters. The molecule has 2 aliphatic heterocycles. The quantitative estimate of drug-likeness (QED) is 0.707. The maximum Gasteiger partial charge on any atom is 0.246 e. The molecule has 2 aliphatic rings. The van der Waals surface area contributed by atoms with Crippen molar-refractivity contribution in [2.75, 3.05) is 69.2 Å². The van der Waals surface area contributed by atoms with E-state index in [2.05, 4.69) is 50.8 Å². The third kappa shape index (κ3) is 5.22. The van der Waals surface area contributed by atoms with Gasteiger partial charge in [0.2, 0.25) is 5.91 Å². The fourth-order valence-electron chi connectivity index (χ4n) is 4.09. The molecule has 0 aliphatic carbocycles. The summed E-state index contributed by atoms with van der Waals surface area (Å²) in [5, 5.41) is 0. The second-order valence-corrected chi connectivity index (χ2v) is 8.42. The maximum atomic E-state index is 12.7. The summed E-state index contributed by atoms with van der Waals surface area (Å²) < 4.78 is 0. The normalized spacial score (nSPS) is 18.1. The van der Waals surface area contributed by atoms with Crippen molar-refractivity contribution < 1.29 is 4.79 Å². The highest BCUT2D eigenvalue weighted by Crippen LogP contribution is 2.21. The molecule has 2 saturated heterocycles. The molecule has 1 aromatic carbocycles. The van der Waals surface area contributed by atoms with Crippen LogP contribution in [0.5, 0.6) is 0 Å². The van der Waals surface area contributed by atoms with Crippen LogP contribution in [0.4, 0.5) is 11.6 Å². The molecular formula is C24H32N6O. The molecule has 2 aromatic rings. The van der Waals surface area contributed by atoms with Crippen molar-refractivity contribution in [2.45, 2.75) is 13.8 Å². The van der Waals surface area contributed by atoms with E-state index in [4.69, 9.17) is 0 Å². The molecule has 0 N–H and O–H groups in total. The number of hydrogen-bond acceptors (Lipinski definition) is 6. The van der Waals surface area contributed by atoms with E-state index < -0.39 is 0 Å². The summed E-state index contributed by atoms with van der Waals surface area (Å²) in [6.07, 6.45) is 3.61. The molecule has 0 bridgehead atoms. The van der Waals surface area contributed by atoms with Crippen LogP contribution in [0.3, 0.4) is 0 Å². The average Bonchev–Trinajstić information content (AvgIpc) is 2.78. The van der Waals surface area contributed by atoms with Gasteiger partial charge in [0.25, 0.3) is 0 Å². The molecule has 3 heterocycles. The summed E-state index contributed by atoms with van der Waals surface area (Å²) in [5.41, 5.74) is 2.26. The van der Waals surface area contributed by atoms with Gasteiger partial charge in [-0.05, 0) is 38.1 Å². The molecule has 0 spiro atoms. The Bertz CT molecular complexity index is 943. The lowest BCUT2D eigenvalue weighted by Crippen LogP contribution is -2.49. The Kier molecular flexibility index (Phi) is 6.51. The molecule has 7 heteroatoms. The van der Waals surface area contributed by atoms with Gasteiger partial charge in [-0.1, -0.05) is 24.3 Å². The van der Waals surface area contributed by atoms with E-state index in [-0.39, 0.29) is 5.91 Å². The summed E-state index contributed by atoms with van der Waals surface area (Å²) in [6, 6.07) is 10.2. The van der Waals surface area contributed by atoms with Crippen molar-refractivity contribution in [3.05, 3.63) is 53.4 Å². The molecule has 1 aromatic heterocycles. The summed E-state index contributed by atoms with van der Waals surface area (Å²) >= 11 is 0. The smallest absolute Gasteiger partial charge is 0.246 e. The van der Waals surface area contributed by atoms with Crippen LogP contribution >= 0.6 is 0 Å². The lowest BCUT2D eigenvalue weighted by atomic mass is 10.1. The van der Waals surface area contributed by atoms with Crippen LogP contribution in [-0.2, 0) is 4.79 Å². The van der Waals surface area contributed by atoms with Crippen LogP contribution in [0.15, 0.2) is 36.4 Å². The highest BCUT2D eigenvalue weighted by molar-refractivity contribution is 5.92. The summed E-state index contributed by atoms with van der Waals surface area (Å²) in [7, 11) is 2.16. The van der Waals surface area contributed by atoms with Crippen molar-refractivity contribution >= 4 is 23.6 Å². The number of carbonyl (C=O) groups excluding carboxylic acids is 1. The third-order valence-corrected chi connectivity index (χ3v) is 6.15. The Morgan fingerprint density at radius 3 is 2.06 bits per heavy atom. The van der Waals surface area contributed by atoms with Crippen LogP contribution in [0, 0.1) is 13.8 Å². The standard InChI is InChI=1S/C24H32N6O/c1-19-6-4-5-7-21(19)8-9-24(31)30-16-14-29(15-17-30)23-18-22(25-20(2)26-23)28-12-10-27(3)11-13-28/h4-9,18H,10-17H2,1-3H3/b9-8+. The summed E-state index contributed by atoms with van der Waals surface area (Å²) in [5.74, 6) is 2.84. The molecule has 164 valence electrons. The first-order chi connectivity index (χ1) is 15.0. The zero-order chi connectivity index (χ0) is 21.8. The number of anilines is 2. The van der Waals surface area contributed by atoms with Gasteiger partial charge in [-0.2, -0.15) is 0 Å². The fourth-order valence-corrected chi connectivity index (χ4v) is 4.09. The van der Waals surface area contributed by atoms with Gasteiger partial charge in [0, 0.05) is 64.5 Å². The Morgan fingerprint density at radius 2 is 1.45 bits per heavy atom. The van der Waals surface area contributed by atoms with Crippen LogP contribution in [0.25, 0.3) is 6.08 Å². The number of hydrogen-bond donors (Lipinski definition) is 0. The van der Waals surface area contributed by atoms with Gasteiger partial charge in [-0.15, -0.1) is 0 Å². The van der Waals surface area contributed by atoms with Gasteiger partial charge in [0.05, 0.1) is 0 Å². The summed E-state index contributed by atoms with van der Waals surface area (Å²) in [4.78, 5) is 30.9. The number of aryl methyl sites for hydroxylation is 2.